The molecule has 1 rings (SSSR count). The maximum absolute atomic E-state index is 11.4. The van der Waals surface area contributed by atoms with Crippen LogP contribution in [0.5, 0.6) is 0 Å². The lowest BCUT2D eigenvalue weighted by Crippen LogP contribution is -2.43. The molecule has 1 heterocycles. The number of likely N-dealkylation sites (tertiary alicyclic amines) is 1. The normalized spacial score (nSPS) is 17.4. The van der Waals surface area contributed by atoms with E-state index in [1.807, 2.05) is 0 Å². The number of hydrogen-bond acceptors (Lipinski definition) is 4. The smallest absolute Gasteiger partial charge is 0.234 e. The molecule has 1 saturated heterocycles. The quantitative estimate of drug-likeness (QED) is 0.567. The summed E-state index contributed by atoms with van der Waals surface area (Å²) in [7, 11) is 0. The minimum atomic E-state index is -0.0376. The molecule has 0 atom stereocenters. The van der Waals surface area contributed by atoms with E-state index in [1.54, 1.807) is 0 Å². The zero-order valence-electron chi connectivity index (χ0n) is 10.9. The average Bonchev–Trinajstić information content (AvgIpc) is 2.35. The zero-order chi connectivity index (χ0) is 13.4. The number of aliphatic hydroxyl groups excluding tert-OH is 1. The molecule has 3 N–H and O–H groups in total. The first-order valence-corrected chi connectivity index (χ1v) is 6.46. The van der Waals surface area contributed by atoms with E-state index in [-0.39, 0.29) is 18.4 Å². The molecule has 0 aliphatic carbocycles. The topological polar surface area (TPSA) is 81.7 Å². The van der Waals surface area contributed by atoms with Gasteiger partial charge in [-0.15, -0.1) is 0 Å². The highest BCUT2D eigenvalue weighted by molar-refractivity contribution is 5.78. The van der Waals surface area contributed by atoms with Crippen molar-refractivity contribution in [1.82, 2.24) is 15.5 Å². The molecule has 18 heavy (non-hydrogen) atoms. The Hall–Kier alpha value is -1.14. The predicted molar refractivity (Wildman–Crippen MR) is 67.9 cm³/mol. The second-order valence-electron chi connectivity index (χ2n) is 4.73. The van der Waals surface area contributed by atoms with Gasteiger partial charge < -0.3 is 15.7 Å². The Morgan fingerprint density at radius 3 is 2.50 bits per heavy atom. The minimum Gasteiger partial charge on any atom is -0.395 e. The number of nitrogens with zero attached hydrogens (tertiary/aromatic N) is 1. The fraction of sp³-hybridized carbons (Fsp3) is 0.833. The van der Waals surface area contributed by atoms with Crippen LogP contribution >= 0.6 is 0 Å². The van der Waals surface area contributed by atoms with Gasteiger partial charge in [0.1, 0.15) is 0 Å². The second-order valence-corrected chi connectivity index (χ2v) is 4.73. The Morgan fingerprint density at radius 1 is 1.28 bits per heavy atom. The average molecular weight is 257 g/mol. The Kier molecular flexibility index (Phi) is 6.67. The van der Waals surface area contributed by atoms with Gasteiger partial charge in [-0.1, -0.05) is 0 Å². The third-order valence-electron chi connectivity index (χ3n) is 3.15. The molecule has 104 valence electrons. The van der Waals surface area contributed by atoms with E-state index in [2.05, 4.69) is 15.5 Å². The van der Waals surface area contributed by atoms with E-state index in [1.165, 1.54) is 6.92 Å². The van der Waals surface area contributed by atoms with Crippen molar-refractivity contribution < 1.29 is 14.7 Å². The molecule has 2 amide bonds. The summed E-state index contributed by atoms with van der Waals surface area (Å²) < 4.78 is 0. The summed E-state index contributed by atoms with van der Waals surface area (Å²) in [4.78, 5) is 24.4. The van der Waals surface area contributed by atoms with Gasteiger partial charge >= 0.3 is 0 Å². The SMILES string of the molecule is CC(=O)NCC1CCN(CC(=O)NCCO)CC1. The van der Waals surface area contributed by atoms with Gasteiger partial charge in [0.15, 0.2) is 0 Å². The van der Waals surface area contributed by atoms with Crippen molar-refractivity contribution in [3.63, 3.8) is 0 Å². The number of piperidine rings is 1. The van der Waals surface area contributed by atoms with E-state index in [0.717, 1.165) is 32.5 Å². The molecule has 0 radical (unpaired) electrons. The molecule has 1 aliphatic heterocycles. The van der Waals surface area contributed by atoms with Crippen LogP contribution in [0.15, 0.2) is 0 Å². The van der Waals surface area contributed by atoms with Gasteiger partial charge in [-0.05, 0) is 31.8 Å². The van der Waals surface area contributed by atoms with Crippen LogP contribution in [-0.4, -0.2) is 61.2 Å². The molecule has 0 bridgehead atoms. The summed E-state index contributed by atoms with van der Waals surface area (Å²) in [6.07, 6.45) is 2.01. The fourth-order valence-electron chi connectivity index (χ4n) is 2.09. The van der Waals surface area contributed by atoms with E-state index >= 15 is 0 Å². The number of hydrogen-bond donors (Lipinski definition) is 3. The van der Waals surface area contributed by atoms with Crippen LogP contribution in [0.3, 0.4) is 0 Å². The maximum Gasteiger partial charge on any atom is 0.234 e. The second kappa shape index (κ2) is 8.05. The van der Waals surface area contributed by atoms with Crippen LogP contribution < -0.4 is 10.6 Å². The third-order valence-corrected chi connectivity index (χ3v) is 3.15. The molecular weight excluding hydrogens is 234 g/mol. The van der Waals surface area contributed by atoms with Crippen LogP contribution in [0.1, 0.15) is 19.8 Å². The van der Waals surface area contributed by atoms with Gasteiger partial charge in [-0.3, -0.25) is 14.5 Å². The van der Waals surface area contributed by atoms with E-state index < -0.39 is 0 Å². The molecule has 0 saturated carbocycles. The minimum absolute atomic E-state index is 0.0146. The predicted octanol–water partition coefficient (Wildman–Crippen LogP) is -1.06. The number of aliphatic hydroxyl groups is 1. The van der Waals surface area contributed by atoms with Crippen molar-refractivity contribution in [3.8, 4) is 0 Å². The van der Waals surface area contributed by atoms with E-state index in [9.17, 15) is 9.59 Å². The van der Waals surface area contributed by atoms with Crippen LogP contribution in [-0.2, 0) is 9.59 Å². The zero-order valence-corrected chi connectivity index (χ0v) is 10.9. The number of carbonyl (C=O) groups is 2. The van der Waals surface area contributed by atoms with Crippen molar-refractivity contribution in [2.45, 2.75) is 19.8 Å². The third kappa shape index (κ3) is 5.97. The summed E-state index contributed by atoms with van der Waals surface area (Å²) in [5.74, 6) is 0.496. The number of carbonyl (C=O) groups excluding carboxylic acids is 2. The largest absolute Gasteiger partial charge is 0.395 e. The molecule has 0 aromatic carbocycles. The summed E-state index contributed by atoms with van der Waals surface area (Å²) >= 11 is 0. The van der Waals surface area contributed by atoms with Crippen LogP contribution in [0.25, 0.3) is 0 Å². The van der Waals surface area contributed by atoms with E-state index in [0.29, 0.717) is 19.0 Å². The molecule has 6 heteroatoms. The first kappa shape index (κ1) is 14.9. The lowest BCUT2D eigenvalue weighted by molar-refractivity contribution is -0.122. The van der Waals surface area contributed by atoms with Crippen molar-refractivity contribution in [2.75, 3.05) is 39.3 Å². The summed E-state index contributed by atoms with van der Waals surface area (Å²) in [5.41, 5.74) is 0. The monoisotopic (exact) mass is 257 g/mol. The number of nitrogens with one attached hydrogen (secondary N) is 2. The first-order chi connectivity index (χ1) is 8.61. The van der Waals surface area contributed by atoms with Gasteiger partial charge in [0.25, 0.3) is 0 Å². The van der Waals surface area contributed by atoms with Crippen LogP contribution in [0, 0.1) is 5.92 Å². The highest BCUT2D eigenvalue weighted by Gasteiger charge is 2.20. The number of rotatable bonds is 6. The molecule has 1 fully saturated rings. The summed E-state index contributed by atoms with van der Waals surface area (Å²) in [6.45, 7) is 4.73. The van der Waals surface area contributed by atoms with E-state index in [4.69, 9.17) is 5.11 Å². The highest BCUT2D eigenvalue weighted by Crippen LogP contribution is 2.15. The molecule has 1 aliphatic rings. The Balaban J connectivity index is 2.14. The lowest BCUT2D eigenvalue weighted by Gasteiger charge is -2.31. The molecule has 0 spiro atoms. The Morgan fingerprint density at radius 2 is 1.94 bits per heavy atom. The molecule has 0 aromatic heterocycles. The summed E-state index contributed by atoms with van der Waals surface area (Å²) in [5, 5.41) is 14.1. The lowest BCUT2D eigenvalue weighted by atomic mass is 9.97. The van der Waals surface area contributed by atoms with Crippen molar-refractivity contribution in [3.05, 3.63) is 0 Å². The van der Waals surface area contributed by atoms with Crippen molar-refractivity contribution in [2.24, 2.45) is 5.92 Å². The Bertz CT molecular complexity index is 276. The maximum atomic E-state index is 11.4. The summed E-state index contributed by atoms with van der Waals surface area (Å²) in [6, 6.07) is 0. The molecule has 6 nitrogen and oxygen atoms in total. The molecule has 0 aromatic rings. The van der Waals surface area contributed by atoms with Crippen molar-refractivity contribution in [1.29, 1.82) is 0 Å². The van der Waals surface area contributed by atoms with Crippen molar-refractivity contribution >= 4 is 11.8 Å². The number of amides is 2. The van der Waals surface area contributed by atoms with Gasteiger partial charge in [-0.25, -0.2) is 0 Å². The fourth-order valence-corrected chi connectivity index (χ4v) is 2.09. The standard InChI is InChI=1S/C12H23N3O3/c1-10(17)14-8-11-2-5-15(6-3-11)9-12(18)13-4-7-16/h11,16H,2-9H2,1H3,(H,13,18)(H,14,17). The van der Waals surface area contributed by atoms with Gasteiger partial charge in [0, 0.05) is 20.0 Å². The molecule has 0 unspecified atom stereocenters. The van der Waals surface area contributed by atoms with Gasteiger partial charge in [0.05, 0.1) is 13.2 Å². The highest BCUT2D eigenvalue weighted by atomic mass is 16.3. The van der Waals surface area contributed by atoms with Gasteiger partial charge in [0.2, 0.25) is 11.8 Å². The van der Waals surface area contributed by atoms with Gasteiger partial charge in [-0.2, -0.15) is 0 Å². The first-order valence-electron chi connectivity index (χ1n) is 6.46. The van der Waals surface area contributed by atoms with Crippen LogP contribution in [0.2, 0.25) is 0 Å². The molecular formula is C12H23N3O3. The Labute approximate surface area is 108 Å². The van der Waals surface area contributed by atoms with Crippen LogP contribution in [0.4, 0.5) is 0 Å².